The molecule has 0 atom stereocenters. The minimum atomic E-state index is 0.554. The number of nitrogens with zero attached hydrogens (tertiary/aromatic N) is 2. The Morgan fingerprint density at radius 3 is 2.70 bits per heavy atom. The first-order valence-corrected chi connectivity index (χ1v) is 8.32. The molecule has 0 saturated carbocycles. The van der Waals surface area contributed by atoms with E-state index in [4.69, 9.17) is 9.26 Å². The Labute approximate surface area is 139 Å². The molecular weight excluding hydrogens is 308 g/mol. The number of hydrogen-bond donors (Lipinski definition) is 0. The monoisotopic (exact) mass is 326 g/mol. The Morgan fingerprint density at radius 2 is 1.91 bits per heavy atom. The van der Waals surface area contributed by atoms with E-state index in [0.717, 1.165) is 11.3 Å². The molecule has 0 radical (unpaired) electrons. The maximum absolute atomic E-state index is 5.36. The van der Waals surface area contributed by atoms with Gasteiger partial charge in [0, 0.05) is 4.90 Å². The summed E-state index contributed by atoms with van der Waals surface area (Å²) in [6.45, 7) is 4.23. The third-order valence-electron chi connectivity index (χ3n) is 3.66. The number of rotatable bonds is 5. The van der Waals surface area contributed by atoms with Gasteiger partial charge in [-0.2, -0.15) is 4.98 Å². The highest BCUT2D eigenvalue weighted by molar-refractivity contribution is 7.98. The van der Waals surface area contributed by atoms with E-state index in [2.05, 4.69) is 42.2 Å². The molecule has 0 aliphatic heterocycles. The molecule has 2 aromatic carbocycles. The summed E-state index contributed by atoms with van der Waals surface area (Å²) in [4.78, 5) is 5.66. The molecule has 1 aromatic heterocycles. The molecule has 0 spiro atoms. The maximum Gasteiger partial charge on any atom is 0.237 e. The molecule has 0 saturated heterocycles. The van der Waals surface area contributed by atoms with Crippen LogP contribution in [0.15, 0.2) is 51.9 Å². The quantitative estimate of drug-likeness (QED) is 0.638. The SMILES string of the molecule is COc1ccccc1-c1noc(CSc2ccc(C)c(C)c2)n1. The number of para-hydroxylation sites is 1. The highest BCUT2D eigenvalue weighted by atomic mass is 32.2. The largest absolute Gasteiger partial charge is 0.496 e. The molecule has 23 heavy (non-hydrogen) atoms. The zero-order valence-electron chi connectivity index (χ0n) is 13.4. The van der Waals surface area contributed by atoms with Crippen LogP contribution in [0.1, 0.15) is 17.0 Å². The van der Waals surface area contributed by atoms with Gasteiger partial charge in [0.05, 0.1) is 18.4 Å². The second-order valence-corrected chi connectivity index (χ2v) is 6.30. The van der Waals surface area contributed by atoms with Crippen molar-refractivity contribution in [2.75, 3.05) is 7.11 Å². The number of aryl methyl sites for hydroxylation is 2. The maximum atomic E-state index is 5.36. The average molecular weight is 326 g/mol. The van der Waals surface area contributed by atoms with Gasteiger partial charge in [0.15, 0.2) is 0 Å². The second-order valence-electron chi connectivity index (χ2n) is 5.25. The van der Waals surface area contributed by atoms with Crippen molar-refractivity contribution in [3.63, 3.8) is 0 Å². The number of benzene rings is 2. The van der Waals surface area contributed by atoms with Gasteiger partial charge < -0.3 is 9.26 Å². The molecule has 0 N–H and O–H groups in total. The molecular formula is C18H18N2O2S. The molecule has 0 bridgehead atoms. The van der Waals surface area contributed by atoms with E-state index >= 15 is 0 Å². The number of hydrogen-bond acceptors (Lipinski definition) is 5. The van der Waals surface area contributed by atoms with Crippen LogP contribution in [-0.4, -0.2) is 17.3 Å². The topological polar surface area (TPSA) is 48.2 Å². The van der Waals surface area contributed by atoms with E-state index in [0.29, 0.717) is 17.5 Å². The molecule has 4 nitrogen and oxygen atoms in total. The van der Waals surface area contributed by atoms with E-state index in [1.165, 1.54) is 16.0 Å². The van der Waals surface area contributed by atoms with Crippen LogP contribution < -0.4 is 4.74 Å². The van der Waals surface area contributed by atoms with Gasteiger partial charge in [0.1, 0.15) is 5.75 Å². The van der Waals surface area contributed by atoms with Gasteiger partial charge in [-0.3, -0.25) is 0 Å². The van der Waals surface area contributed by atoms with Gasteiger partial charge in [-0.05, 0) is 49.2 Å². The zero-order valence-corrected chi connectivity index (χ0v) is 14.2. The number of ether oxygens (including phenoxy) is 1. The summed E-state index contributed by atoms with van der Waals surface area (Å²) >= 11 is 1.69. The van der Waals surface area contributed by atoms with E-state index in [9.17, 15) is 0 Å². The highest BCUT2D eigenvalue weighted by Gasteiger charge is 2.13. The molecule has 3 rings (SSSR count). The van der Waals surface area contributed by atoms with Crippen LogP contribution in [0.4, 0.5) is 0 Å². The fourth-order valence-electron chi connectivity index (χ4n) is 2.20. The van der Waals surface area contributed by atoms with Gasteiger partial charge in [0.2, 0.25) is 11.7 Å². The minimum absolute atomic E-state index is 0.554. The lowest BCUT2D eigenvalue weighted by Gasteiger charge is -2.03. The normalized spacial score (nSPS) is 10.7. The fourth-order valence-corrected chi connectivity index (χ4v) is 3.03. The Balaban J connectivity index is 1.73. The van der Waals surface area contributed by atoms with Crippen molar-refractivity contribution in [2.24, 2.45) is 0 Å². The van der Waals surface area contributed by atoms with Gasteiger partial charge in [-0.25, -0.2) is 0 Å². The Hall–Kier alpha value is -2.27. The molecule has 118 valence electrons. The van der Waals surface area contributed by atoms with Crippen LogP contribution in [0.5, 0.6) is 5.75 Å². The smallest absolute Gasteiger partial charge is 0.237 e. The lowest BCUT2D eigenvalue weighted by atomic mass is 10.1. The third kappa shape index (κ3) is 3.56. The predicted molar refractivity (Wildman–Crippen MR) is 91.8 cm³/mol. The minimum Gasteiger partial charge on any atom is -0.496 e. The van der Waals surface area contributed by atoms with E-state index in [1.807, 2.05) is 24.3 Å². The Morgan fingerprint density at radius 1 is 1.09 bits per heavy atom. The van der Waals surface area contributed by atoms with Crippen LogP contribution >= 0.6 is 11.8 Å². The molecule has 0 fully saturated rings. The van der Waals surface area contributed by atoms with Crippen molar-refractivity contribution in [2.45, 2.75) is 24.5 Å². The van der Waals surface area contributed by atoms with Gasteiger partial charge >= 0.3 is 0 Å². The second kappa shape index (κ2) is 6.87. The first-order valence-electron chi connectivity index (χ1n) is 7.33. The van der Waals surface area contributed by atoms with E-state index < -0.39 is 0 Å². The number of aromatic nitrogens is 2. The number of thioether (sulfide) groups is 1. The lowest BCUT2D eigenvalue weighted by Crippen LogP contribution is -1.89. The Kier molecular flexibility index (Phi) is 4.67. The summed E-state index contributed by atoms with van der Waals surface area (Å²) in [5.41, 5.74) is 3.42. The summed E-state index contributed by atoms with van der Waals surface area (Å²) in [7, 11) is 1.63. The molecule has 0 aliphatic carbocycles. The lowest BCUT2D eigenvalue weighted by molar-refractivity contribution is 0.390. The molecule has 0 unspecified atom stereocenters. The third-order valence-corrected chi connectivity index (χ3v) is 4.64. The summed E-state index contributed by atoms with van der Waals surface area (Å²) in [5, 5.41) is 4.06. The molecule has 1 heterocycles. The molecule has 3 aromatic rings. The zero-order chi connectivity index (χ0) is 16.2. The first kappa shape index (κ1) is 15.6. The van der Waals surface area contributed by atoms with Gasteiger partial charge in [-0.1, -0.05) is 23.4 Å². The van der Waals surface area contributed by atoms with Crippen LogP contribution in [-0.2, 0) is 5.75 Å². The van der Waals surface area contributed by atoms with Crippen LogP contribution in [0.3, 0.4) is 0 Å². The van der Waals surface area contributed by atoms with Crippen molar-refractivity contribution >= 4 is 11.8 Å². The molecule has 0 aliphatic rings. The summed E-state index contributed by atoms with van der Waals surface area (Å²) in [6, 6.07) is 14.1. The van der Waals surface area contributed by atoms with Crippen molar-refractivity contribution < 1.29 is 9.26 Å². The highest BCUT2D eigenvalue weighted by Crippen LogP contribution is 2.29. The predicted octanol–water partition coefficient (Wildman–Crippen LogP) is 4.65. The van der Waals surface area contributed by atoms with Gasteiger partial charge in [0.25, 0.3) is 0 Å². The first-order chi connectivity index (χ1) is 11.2. The summed E-state index contributed by atoms with van der Waals surface area (Å²) in [6.07, 6.45) is 0. The van der Waals surface area contributed by atoms with Crippen molar-refractivity contribution in [1.82, 2.24) is 10.1 Å². The number of methoxy groups -OCH3 is 1. The molecule has 0 amide bonds. The summed E-state index contributed by atoms with van der Waals surface area (Å²) in [5.74, 6) is 2.54. The average Bonchev–Trinajstić information content (AvgIpc) is 3.04. The van der Waals surface area contributed by atoms with Crippen LogP contribution in [0, 0.1) is 13.8 Å². The van der Waals surface area contributed by atoms with Crippen LogP contribution in [0.2, 0.25) is 0 Å². The van der Waals surface area contributed by atoms with Crippen molar-refractivity contribution in [1.29, 1.82) is 0 Å². The van der Waals surface area contributed by atoms with Crippen molar-refractivity contribution in [3.8, 4) is 17.1 Å². The fraction of sp³-hybridized carbons (Fsp3) is 0.222. The van der Waals surface area contributed by atoms with E-state index in [1.54, 1.807) is 18.9 Å². The Bertz CT molecular complexity index is 814. The van der Waals surface area contributed by atoms with Gasteiger partial charge in [-0.15, -0.1) is 11.8 Å². The standard InChI is InChI=1S/C18H18N2O2S/c1-12-8-9-14(10-13(12)2)23-11-17-19-18(20-22-17)15-6-4-5-7-16(15)21-3/h4-10H,11H2,1-3H3. The summed E-state index contributed by atoms with van der Waals surface area (Å²) < 4.78 is 10.7. The van der Waals surface area contributed by atoms with Crippen LogP contribution in [0.25, 0.3) is 11.4 Å². The molecule has 5 heteroatoms. The van der Waals surface area contributed by atoms with E-state index in [-0.39, 0.29) is 0 Å². The van der Waals surface area contributed by atoms with Crippen molar-refractivity contribution in [3.05, 3.63) is 59.5 Å².